The van der Waals surface area contributed by atoms with Crippen molar-refractivity contribution < 1.29 is 19.1 Å². The fourth-order valence-electron chi connectivity index (χ4n) is 2.49. The van der Waals surface area contributed by atoms with E-state index >= 15 is 0 Å². The molecule has 1 fully saturated rings. The number of ketones is 1. The Hall–Kier alpha value is -2.38. The number of amides is 2. The van der Waals surface area contributed by atoms with Gasteiger partial charge in [0.15, 0.2) is 5.78 Å². The lowest BCUT2D eigenvalue weighted by Gasteiger charge is -2.11. The molecule has 2 aromatic rings. The highest BCUT2D eigenvalue weighted by atomic mass is 79.9. The summed E-state index contributed by atoms with van der Waals surface area (Å²) in [6.07, 6.45) is 1.64. The Morgan fingerprint density at radius 3 is 2.41 bits per heavy atom. The first kappa shape index (κ1) is 19.4. The van der Waals surface area contributed by atoms with Crippen LogP contribution in [-0.4, -0.2) is 35.0 Å². The molecular formula is C20H16BrNO4S. The number of carbonyl (C=O) groups is 3. The summed E-state index contributed by atoms with van der Waals surface area (Å²) in [6.45, 7) is 2.21. The van der Waals surface area contributed by atoms with Gasteiger partial charge in [-0.3, -0.25) is 19.3 Å². The molecule has 138 valence electrons. The van der Waals surface area contributed by atoms with Crippen molar-refractivity contribution >= 4 is 50.7 Å². The SMILES string of the molecule is CCOc1ccc(/C=C2/SC(=O)N(CC(=O)c3ccc(Br)cc3)C2=O)cc1. The number of hydrogen-bond acceptors (Lipinski definition) is 5. The van der Waals surface area contributed by atoms with Gasteiger partial charge in [-0.25, -0.2) is 0 Å². The van der Waals surface area contributed by atoms with Crippen molar-refractivity contribution in [2.24, 2.45) is 0 Å². The molecule has 0 unspecified atom stereocenters. The Labute approximate surface area is 169 Å². The Bertz CT molecular complexity index is 907. The molecule has 7 heteroatoms. The number of nitrogens with zero attached hydrogens (tertiary/aromatic N) is 1. The van der Waals surface area contributed by atoms with Crippen molar-refractivity contribution in [1.29, 1.82) is 0 Å². The molecule has 5 nitrogen and oxygen atoms in total. The predicted molar refractivity (Wildman–Crippen MR) is 109 cm³/mol. The molecule has 0 N–H and O–H groups in total. The van der Waals surface area contributed by atoms with E-state index in [2.05, 4.69) is 15.9 Å². The molecule has 1 heterocycles. The monoisotopic (exact) mass is 445 g/mol. The molecule has 2 amide bonds. The van der Waals surface area contributed by atoms with Gasteiger partial charge in [-0.15, -0.1) is 0 Å². The predicted octanol–water partition coefficient (Wildman–Crippen LogP) is 4.77. The molecule has 27 heavy (non-hydrogen) atoms. The number of carbonyl (C=O) groups excluding carboxylic acids is 3. The van der Waals surface area contributed by atoms with Crippen LogP contribution in [0.15, 0.2) is 57.9 Å². The topological polar surface area (TPSA) is 63.7 Å². The minimum Gasteiger partial charge on any atom is -0.494 e. The van der Waals surface area contributed by atoms with Crippen LogP contribution in [0.2, 0.25) is 0 Å². The van der Waals surface area contributed by atoms with E-state index < -0.39 is 11.1 Å². The molecule has 3 rings (SSSR count). The van der Waals surface area contributed by atoms with Gasteiger partial charge in [-0.1, -0.05) is 40.2 Å². The molecule has 0 aromatic heterocycles. The Kier molecular flexibility index (Phi) is 6.13. The lowest BCUT2D eigenvalue weighted by atomic mass is 10.1. The molecule has 0 aliphatic carbocycles. The molecule has 0 spiro atoms. The smallest absolute Gasteiger partial charge is 0.293 e. The van der Waals surface area contributed by atoms with Crippen molar-refractivity contribution in [1.82, 2.24) is 4.90 Å². The molecule has 1 aliphatic heterocycles. The van der Waals surface area contributed by atoms with Crippen LogP contribution in [0, 0.1) is 0 Å². The third-order valence-corrected chi connectivity index (χ3v) is 5.27. The molecule has 0 saturated carbocycles. The fraction of sp³-hybridized carbons (Fsp3) is 0.150. The van der Waals surface area contributed by atoms with Crippen molar-refractivity contribution in [3.8, 4) is 5.75 Å². The van der Waals surface area contributed by atoms with E-state index in [4.69, 9.17) is 4.74 Å². The molecular weight excluding hydrogens is 430 g/mol. The number of hydrogen-bond donors (Lipinski definition) is 0. The normalized spacial score (nSPS) is 15.5. The second kappa shape index (κ2) is 8.54. The van der Waals surface area contributed by atoms with Gasteiger partial charge in [0.1, 0.15) is 5.75 Å². The zero-order valence-electron chi connectivity index (χ0n) is 14.5. The van der Waals surface area contributed by atoms with Crippen LogP contribution in [0.5, 0.6) is 5.75 Å². The second-order valence-electron chi connectivity index (χ2n) is 5.70. The van der Waals surface area contributed by atoms with Crippen LogP contribution >= 0.6 is 27.7 Å². The Morgan fingerprint density at radius 2 is 1.78 bits per heavy atom. The highest BCUT2D eigenvalue weighted by Gasteiger charge is 2.36. The van der Waals surface area contributed by atoms with Crippen LogP contribution in [0.1, 0.15) is 22.8 Å². The molecule has 2 aromatic carbocycles. The van der Waals surface area contributed by atoms with Gasteiger partial charge in [0.2, 0.25) is 0 Å². The first-order chi connectivity index (χ1) is 13.0. The van der Waals surface area contributed by atoms with Crippen molar-refractivity contribution in [3.63, 3.8) is 0 Å². The number of ether oxygens (including phenoxy) is 1. The van der Waals surface area contributed by atoms with Crippen LogP contribution in [-0.2, 0) is 4.79 Å². The fourth-order valence-corrected chi connectivity index (χ4v) is 3.59. The summed E-state index contributed by atoms with van der Waals surface area (Å²) < 4.78 is 6.23. The van der Waals surface area contributed by atoms with Crippen LogP contribution in [0.4, 0.5) is 4.79 Å². The van der Waals surface area contributed by atoms with Gasteiger partial charge in [0, 0.05) is 10.0 Å². The summed E-state index contributed by atoms with van der Waals surface area (Å²) >= 11 is 4.14. The van der Waals surface area contributed by atoms with Gasteiger partial charge < -0.3 is 4.74 Å². The van der Waals surface area contributed by atoms with Crippen LogP contribution in [0.3, 0.4) is 0 Å². The highest BCUT2D eigenvalue weighted by Crippen LogP contribution is 2.32. The zero-order chi connectivity index (χ0) is 19.4. The largest absolute Gasteiger partial charge is 0.494 e. The zero-order valence-corrected chi connectivity index (χ0v) is 16.9. The van der Waals surface area contributed by atoms with E-state index in [-0.39, 0.29) is 12.3 Å². The van der Waals surface area contributed by atoms with E-state index in [9.17, 15) is 14.4 Å². The minimum absolute atomic E-state index is 0.271. The maximum atomic E-state index is 12.5. The van der Waals surface area contributed by atoms with Crippen molar-refractivity contribution in [2.75, 3.05) is 13.2 Å². The van der Waals surface area contributed by atoms with Gasteiger partial charge in [0.25, 0.3) is 11.1 Å². The molecule has 0 atom stereocenters. The lowest BCUT2D eigenvalue weighted by Crippen LogP contribution is -2.33. The maximum Gasteiger partial charge on any atom is 0.293 e. The number of benzene rings is 2. The average Bonchev–Trinajstić information content (AvgIpc) is 2.91. The van der Waals surface area contributed by atoms with Gasteiger partial charge in [-0.05, 0) is 54.6 Å². The number of imide groups is 1. The van der Waals surface area contributed by atoms with Crippen molar-refractivity contribution in [2.45, 2.75) is 6.92 Å². The van der Waals surface area contributed by atoms with E-state index in [1.807, 2.05) is 19.1 Å². The number of Topliss-reactive ketones (excluding diaryl/α,β-unsaturated/α-hetero) is 1. The molecule has 1 aliphatic rings. The summed E-state index contributed by atoms with van der Waals surface area (Å²) in [5.41, 5.74) is 1.23. The third kappa shape index (κ3) is 4.67. The summed E-state index contributed by atoms with van der Waals surface area (Å²) in [6, 6.07) is 14.0. The van der Waals surface area contributed by atoms with E-state index in [1.54, 1.807) is 42.5 Å². The first-order valence-corrected chi connectivity index (χ1v) is 9.86. The summed E-state index contributed by atoms with van der Waals surface area (Å²) in [5.74, 6) is -0.000636. The third-order valence-electron chi connectivity index (χ3n) is 3.83. The molecule has 0 radical (unpaired) electrons. The maximum absolute atomic E-state index is 12.5. The van der Waals surface area contributed by atoms with E-state index in [0.29, 0.717) is 17.1 Å². The standard InChI is InChI=1S/C20H16BrNO4S/c1-2-26-16-9-3-13(4-10-16)11-18-19(24)22(20(25)27-18)12-17(23)14-5-7-15(21)8-6-14/h3-11H,2,12H2,1H3/b18-11+. The second-order valence-corrected chi connectivity index (χ2v) is 7.61. The van der Waals surface area contributed by atoms with Gasteiger partial charge in [0.05, 0.1) is 18.1 Å². The van der Waals surface area contributed by atoms with Crippen LogP contribution < -0.4 is 4.74 Å². The first-order valence-electron chi connectivity index (χ1n) is 8.25. The van der Waals surface area contributed by atoms with E-state index in [1.165, 1.54) is 0 Å². The molecule has 0 bridgehead atoms. The molecule has 1 saturated heterocycles. The number of halogens is 1. The van der Waals surface area contributed by atoms with E-state index in [0.717, 1.165) is 32.4 Å². The highest BCUT2D eigenvalue weighted by molar-refractivity contribution is 9.10. The average molecular weight is 446 g/mol. The number of rotatable bonds is 6. The minimum atomic E-state index is -0.454. The Balaban J connectivity index is 1.72. The van der Waals surface area contributed by atoms with Crippen molar-refractivity contribution in [3.05, 3.63) is 69.0 Å². The summed E-state index contributed by atoms with van der Waals surface area (Å²) in [5, 5.41) is -0.442. The number of thioether (sulfide) groups is 1. The van der Waals surface area contributed by atoms with Gasteiger partial charge in [-0.2, -0.15) is 0 Å². The summed E-state index contributed by atoms with van der Waals surface area (Å²) in [7, 11) is 0. The summed E-state index contributed by atoms with van der Waals surface area (Å²) in [4.78, 5) is 38.4. The quantitative estimate of drug-likeness (QED) is 0.473. The van der Waals surface area contributed by atoms with Crippen LogP contribution in [0.25, 0.3) is 6.08 Å². The van der Waals surface area contributed by atoms with Gasteiger partial charge >= 0.3 is 0 Å². The lowest BCUT2D eigenvalue weighted by molar-refractivity contribution is -0.122. The Morgan fingerprint density at radius 1 is 1.11 bits per heavy atom.